The highest BCUT2D eigenvalue weighted by molar-refractivity contribution is 5.77. The predicted molar refractivity (Wildman–Crippen MR) is 100 cm³/mol. The minimum Gasteiger partial charge on any atom is -0.484 e. The van der Waals surface area contributed by atoms with Gasteiger partial charge in [0.05, 0.1) is 0 Å². The molecule has 1 aliphatic carbocycles. The first-order valence-corrected chi connectivity index (χ1v) is 9.68. The molecule has 4 rings (SSSR count). The Bertz CT molecular complexity index is 752. The fourth-order valence-corrected chi connectivity index (χ4v) is 3.84. The standard InChI is InChI=1S/C21H27N3O2/c1-16-12-22-21(18-9-10-18)24(16)14-17-6-5-11-23(13-17)20(25)15-26-19-7-3-2-4-8-19/h2-4,7-8,12,17-18H,5-6,9-11,13-15H2,1H3. The van der Waals surface area contributed by atoms with Gasteiger partial charge in [-0.2, -0.15) is 0 Å². The van der Waals surface area contributed by atoms with Crippen LogP contribution in [0.25, 0.3) is 0 Å². The highest BCUT2D eigenvalue weighted by Gasteiger charge is 2.30. The summed E-state index contributed by atoms with van der Waals surface area (Å²) >= 11 is 0. The second-order valence-corrected chi connectivity index (χ2v) is 7.59. The van der Waals surface area contributed by atoms with Crippen molar-refractivity contribution in [2.24, 2.45) is 5.92 Å². The van der Waals surface area contributed by atoms with Gasteiger partial charge in [0.1, 0.15) is 11.6 Å². The van der Waals surface area contributed by atoms with Crippen molar-refractivity contribution in [1.82, 2.24) is 14.5 Å². The second-order valence-electron chi connectivity index (χ2n) is 7.59. The Morgan fingerprint density at radius 1 is 1.23 bits per heavy atom. The first-order chi connectivity index (χ1) is 12.7. The van der Waals surface area contributed by atoms with Gasteiger partial charge >= 0.3 is 0 Å². The van der Waals surface area contributed by atoms with Crippen LogP contribution in [0.1, 0.15) is 43.1 Å². The maximum absolute atomic E-state index is 12.6. The molecule has 1 unspecified atom stereocenters. The van der Waals surface area contributed by atoms with Gasteiger partial charge in [0.15, 0.2) is 6.61 Å². The Morgan fingerprint density at radius 3 is 2.81 bits per heavy atom. The molecule has 1 aromatic carbocycles. The van der Waals surface area contributed by atoms with E-state index < -0.39 is 0 Å². The molecule has 2 aliphatic rings. The van der Waals surface area contributed by atoms with Crippen molar-refractivity contribution >= 4 is 5.91 Å². The SMILES string of the molecule is Cc1cnc(C2CC2)n1CC1CCCN(C(=O)COc2ccccc2)C1. The largest absolute Gasteiger partial charge is 0.484 e. The number of nitrogens with zero attached hydrogens (tertiary/aromatic N) is 3. The highest BCUT2D eigenvalue weighted by atomic mass is 16.5. The van der Waals surface area contributed by atoms with E-state index in [4.69, 9.17) is 4.74 Å². The summed E-state index contributed by atoms with van der Waals surface area (Å²) in [5.74, 6) is 3.23. The van der Waals surface area contributed by atoms with Gasteiger partial charge < -0.3 is 14.2 Å². The lowest BCUT2D eigenvalue weighted by Gasteiger charge is -2.33. The molecule has 26 heavy (non-hydrogen) atoms. The maximum Gasteiger partial charge on any atom is 0.260 e. The minimum atomic E-state index is 0.0864. The number of rotatable bonds is 6. The van der Waals surface area contributed by atoms with E-state index in [1.807, 2.05) is 41.4 Å². The number of imidazole rings is 1. The van der Waals surface area contributed by atoms with Crippen LogP contribution in [0, 0.1) is 12.8 Å². The first kappa shape index (κ1) is 17.1. The number of hydrogen-bond acceptors (Lipinski definition) is 3. The normalized spacial score (nSPS) is 20.2. The third kappa shape index (κ3) is 3.92. The smallest absolute Gasteiger partial charge is 0.260 e. The van der Waals surface area contributed by atoms with E-state index in [2.05, 4.69) is 16.5 Å². The zero-order valence-corrected chi connectivity index (χ0v) is 15.4. The summed E-state index contributed by atoms with van der Waals surface area (Å²) in [5.41, 5.74) is 1.24. The average Bonchev–Trinajstić information content (AvgIpc) is 3.46. The van der Waals surface area contributed by atoms with E-state index in [0.29, 0.717) is 11.8 Å². The molecule has 1 amide bonds. The predicted octanol–water partition coefficient (Wildman–Crippen LogP) is 3.39. The van der Waals surface area contributed by atoms with Gasteiger partial charge in [-0.05, 0) is 50.7 Å². The third-order valence-corrected chi connectivity index (χ3v) is 5.45. The molecule has 1 saturated heterocycles. The average molecular weight is 353 g/mol. The van der Waals surface area contributed by atoms with Crippen molar-refractivity contribution in [2.45, 2.75) is 45.1 Å². The Balaban J connectivity index is 1.34. The Labute approximate surface area is 155 Å². The molecule has 0 bridgehead atoms. The molecule has 1 aromatic heterocycles. The van der Waals surface area contributed by atoms with Crippen LogP contribution in [-0.4, -0.2) is 40.1 Å². The van der Waals surface area contributed by atoms with Gasteiger partial charge in [0, 0.05) is 37.4 Å². The summed E-state index contributed by atoms with van der Waals surface area (Å²) < 4.78 is 8.02. The van der Waals surface area contributed by atoms with Crippen molar-refractivity contribution in [3.05, 3.63) is 48.0 Å². The molecule has 1 saturated carbocycles. The van der Waals surface area contributed by atoms with Crippen molar-refractivity contribution in [2.75, 3.05) is 19.7 Å². The van der Waals surface area contributed by atoms with Crippen LogP contribution in [0.4, 0.5) is 0 Å². The molecule has 0 spiro atoms. The molecular weight excluding hydrogens is 326 g/mol. The van der Waals surface area contributed by atoms with Crippen LogP contribution in [-0.2, 0) is 11.3 Å². The Kier molecular flexibility index (Phi) is 4.96. The van der Waals surface area contributed by atoms with Crippen LogP contribution in [0.15, 0.2) is 36.5 Å². The molecule has 5 nitrogen and oxygen atoms in total. The minimum absolute atomic E-state index is 0.0864. The molecule has 2 fully saturated rings. The molecule has 5 heteroatoms. The molecule has 0 radical (unpaired) electrons. The number of likely N-dealkylation sites (tertiary alicyclic amines) is 1. The fourth-order valence-electron chi connectivity index (χ4n) is 3.84. The van der Waals surface area contributed by atoms with Gasteiger partial charge in [-0.3, -0.25) is 4.79 Å². The van der Waals surface area contributed by atoms with Crippen molar-refractivity contribution in [1.29, 1.82) is 0 Å². The monoisotopic (exact) mass is 353 g/mol. The lowest BCUT2D eigenvalue weighted by molar-refractivity contribution is -0.135. The molecule has 138 valence electrons. The number of piperidine rings is 1. The van der Waals surface area contributed by atoms with Crippen LogP contribution in [0.2, 0.25) is 0 Å². The number of para-hydroxylation sites is 1. The number of carbonyl (C=O) groups is 1. The van der Waals surface area contributed by atoms with Gasteiger partial charge in [-0.15, -0.1) is 0 Å². The van der Waals surface area contributed by atoms with E-state index in [1.165, 1.54) is 30.8 Å². The van der Waals surface area contributed by atoms with Gasteiger partial charge in [-0.25, -0.2) is 4.98 Å². The number of ether oxygens (including phenoxy) is 1. The van der Waals surface area contributed by atoms with Crippen molar-refractivity contribution in [3.63, 3.8) is 0 Å². The van der Waals surface area contributed by atoms with Crippen molar-refractivity contribution < 1.29 is 9.53 Å². The van der Waals surface area contributed by atoms with Gasteiger partial charge in [0.25, 0.3) is 5.91 Å². The molecule has 0 N–H and O–H groups in total. The lowest BCUT2D eigenvalue weighted by Crippen LogP contribution is -2.43. The summed E-state index contributed by atoms with van der Waals surface area (Å²) in [6.07, 6.45) is 6.76. The zero-order chi connectivity index (χ0) is 17.9. The molecule has 2 heterocycles. The van der Waals surface area contributed by atoms with E-state index in [-0.39, 0.29) is 12.5 Å². The number of amides is 1. The topological polar surface area (TPSA) is 47.4 Å². The van der Waals surface area contributed by atoms with Crippen LogP contribution < -0.4 is 4.74 Å². The third-order valence-electron chi connectivity index (χ3n) is 5.45. The second kappa shape index (κ2) is 7.52. The molecular formula is C21H27N3O2. The number of benzene rings is 1. The number of aryl methyl sites for hydroxylation is 1. The zero-order valence-electron chi connectivity index (χ0n) is 15.4. The van der Waals surface area contributed by atoms with E-state index in [9.17, 15) is 4.79 Å². The summed E-state index contributed by atoms with van der Waals surface area (Å²) in [5, 5.41) is 0. The summed E-state index contributed by atoms with van der Waals surface area (Å²) in [6, 6.07) is 9.54. The Morgan fingerprint density at radius 2 is 2.04 bits per heavy atom. The van der Waals surface area contributed by atoms with E-state index in [1.54, 1.807) is 0 Å². The first-order valence-electron chi connectivity index (χ1n) is 9.68. The quantitative estimate of drug-likeness (QED) is 0.800. The van der Waals surface area contributed by atoms with E-state index >= 15 is 0 Å². The Hall–Kier alpha value is -2.30. The lowest BCUT2D eigenvalue weighted by atomic mass is 9.97. The number of aromatic nitrogens is 2. The van der Waals surface area contributed by atoms with Crippen LogP contribution in [0.3, 0.4) is 0 Å². The highest BCUT2D eigenvalue weighted by Crippen LogP contribution is 2.40. The number of hydrogen-bond donors (Lipinski definition) is 0. The van der Waals surface area contributed by atoms with Crippen molar-refractivity contribution in [3.8, 4) is 5.75 Å². The van der Waals surface area contributed by atoms with Crippen LogP contribution >= 0.6 is 0 Å². The van der Waals surface area contributed by atoms with Crippen LogP contribution in [0.5, 0.6) is 5.75 Å². The maximum atomic E-state index is 12.6. The van der Waals surface area contributed by atoms with Gasteiger partial charge in [0.2, 0.25) is 0 Å². The summed E-state index contributed by atoms with van der Waals surface area (Å²) in [4.78, 5) is 19.1. The molecule has 2 aromatic rings. The summed E-state index contributed by atoms with van der Waals surface area (Å²) in [7, 11) is 0. The summed E-state index contributed by atoms with van der Waals surface area (Å²) in [6.45, 7) is 4.89. The molecule has 1 atom stereocenters. The number of carbonyl (C=O) groups excluding carboxylic acids is 1. The van der Waals surface area contributed by atoms with Gasteiger partial charge in [-0.1, -0.05) is 18.2 Å². The molecule has 1 aliphatic heterocycles. The fraction of sp³-hybridized carbons (Fsp3) is 0.524. The van der Waals surface area contributed by atoms with E-state index in [0.717, 1.165) is 31.8 Å².